The molecule has 0 unspecified atom stereocenters. The number of ether oxygens (including phenoxy) is 2. The molecule has 0 saturated heterocycles. The second kappa shape index (κ2) is 11.4. The Morgan fingerprint density at radius 1 is 0.968 bits per heavy atom. The lowest BCUT2D eigenvalue weighted by Crippen LogP contribution is -2.37. The fourth-order valence-corrected chi connectivity index (χ4v) is 2.96. The molecule has 1 aromatic heterocycles. The van der Waals surface area contributed by atoms with Crippen LogP contribution in [0.2, 0.25) is 0 Å². The zero-order valence-electron chi connectivity index (χ0n) is 17.5. The van der Waals surface area contributed by atoms with Crippen molar-refractivity contribution >= 4 is 17.5 Å². The Balaban J connectivity index is 1.51. The van der Waals surface area contributed by atoms with Gasteiger partial charge < -0.3 is 24.1 Å². The molecule has 0 fully saturated rings. The van der Waals surface area contributed by atoms with E-state index in [1.165, 1.54) is 4.90 Å². The maximum absolute atomic E-state index is 12.8. The number of amides is 2. The van der Waals surface area contributed by atoms with Crippen LogP contribution in [0.1, 0.15) is 18.6 Å². The van der Waals surface area contributed by atoms with Gasteiger partial charge in [0.1, 0.15) is 23.8 Å². The van der Waals surface area contributed by atoms with Gasteiger partial charge in [0.15, 0.2) is 0 Å². The van der Waals surface area contributed by atoms with E-state index >= 15 is 0 Å². The average molecular weight is 422 g/mol. The number of furan rings is 1. The first-order valence-corrected chi connectivity index (χ1v) is 10.1. The third kappa shape index (κ3) is 7.22. The van der Waals surface area contributed by atoms with E-state index in [1.54, 1.807) is 37.6 Å². The van der Waals surface area contributed by atoms with E-state index in [-0.39, 0.29) is 31.3 Å². The molecule has 0 saturated carbocycles. The van der Waals surface area contributed by atoms with Crippen LogP contribution in [0.4, 0.5) is 5.69 Å². The monoisotopic (exact) mass is 422 g/mol. The number of hydrogen-bond acceptors (Lipinski definition) is 5. The van der Waals surface area contributed by atoms with Gasteiger partial charge in [-0.1, -0.05) is 18.2 Å². The van der Waals surface area contributed by atoms with Crippen molar-refractivity contribution in [3.63, 3.8) is 0 Å². The second-order valence-corrected chi connectivity index (χ2v) is 6.87. The fraction of sp³-hybridized carbons (Fsp3) is 0.250. The Morgan fingerprint density at radius 2 is 1.71 bits per heavy atom. The van der Waals surface area contributed by atoms with Gasteiger partial charge in [-0.3, -0.25) is 9.59 Å². The molecule has 3 aromatic rings. The van der Waals surface area contributed by atoms with E-state index in [4.69, 9.17) is 13.9 Å². The summed E-state index contributed by atoms with van der Waals surface area (Å²) in [5.41, 5.74) is 0.686. The number of hydrogen-bond donors (Lipinski definition) is 1. The Bertz CT molecular complexity index is 940. The number of carbonyl (C=O) groups excluding carboxylic acids is 2. The molecule has 1 N–H and O–H groups in total. The van der Waals surface area contributed by atoms with E-state index in [0.29, 0.717) is 30.2 Å². The summed E-state index contributed by atoms with van der Waals surface area (Å²) in [6, 6.07) is 19.9. The minimum absolute atomic E-state index is 0.0617. The summed E-state index contributed by atoms with van der Waals surface area (Å²) in [4.78, 5) is 26.7. The number of para-hydroxylation sites is 1. The van der Waals surface area contributed by atoms with E-state index in [0.717, 1.165) is 5.75 Å². The third-order valence-corrected chi connectivity index (χ3v) is 4.53. The van der Waals surface area contributed by atoms with Crippen molar-refractivity contribution in [2.24, 2.45) is 0 Å². The molecule has 1 heterocycles. The van der Waals surface area contributed by atoms with Crippen molar-refractivity contribution in [3.8, 4) is 11.5 Å². The van der Waals surface area contributed by atoms with E-state index in [1.807, 2.05) is 42.5 Å². The minimum Gasteiger partial charge on any atom is -0.497 e. The normalized spacial score (nSPS) is 10.4. The molecule has 0 atom stereocenters. The summed E-state index contributed by atoms with van der Waals surface area (Å²) < 4.78 is 16.2. The fourth-order valence-electron chi connectivity index (χ4n) is 2.96. The lowest BCUT2D eigenvalue weighted by molar-refractivity contribution is -0.135. The molecule has 3 rings (SSSR count). The summed E-state index contributed by atoms with van der Waals surface area (Å²) in [5.74, 6) is 1.68. The van der Waals surface area contributed by atoms with Crippen LogP contribution in [-0.2, 0) is 16.1 Å². The Kier molecular flexibility index (Phi) is 8.11. The van der Waals surface area contributed by atoms with Crippen molar-refractivity contribution in [1.29, 1.82) is 0 Å². The quantitative estimate of drug-likeness (QED) is 0.470. The van der Waals surface area contributed by atoms with Crippen molar-refractivity contribution in [2.75, 3.05) is 25.6 Å². The zero-order valence-corrected chi connectivity index (χ0v) is 17.5. The van der Waals surface area contributed by atoms with Crippen LogP contribution in [0.3, 0.4) is 0 Å². The number of benzene rings is 2. The average Bonchev–Trinajstić information content (AvgIpc) is 3.30. The molecule has 0 aliphatic rings. The first kappa shape index (κ1) is 22.0. The summed E-state index contributed by atoms with van der Waals surface area (Å²) >= 11 is 0. The highest BCUT2D eigenvalue weighted by Crippen LogP contribution is 2.17. The van der Waals surface area contributed by atoms with Gasteiger partial charge in [0.25, 0.3) is 0 Å². The van der Waals surface area contributed by atoms with E-state index in [9.17, 15) is 9.59 Å². The second-order valence-electron chi connectivity index (χ2n) is 6.87. The van der Waals surface area contributed by atoms with Crippen molar-refractivity contribution in [2.45, 2.75) is 19.4 Å². The summed E-state index contributed by atoms with van der Waals surface area (Å²) in [5, 5.41) is 2.81. The Hall–Kier alpha value is -3.74. The van der Waals surface area contributed by atoms with Gasteiger partial charge >= 0.3 is 0 Å². The smallest absolute Gasteiger partial charge is 0.244 e. The predicted octanol–water partition coefficient (Wildman–Crippen LogP) is 4.11. The maximum Gasteiger partial charge on any atom is 0.244 e. The van der Waals surface area contributed by atoms with Gasteiger partial charge in [-0.25, -0.2) is 0 Å². The van der Waals surface area contributed by atoms with Gasteiger partial charge in [-0.05, 0) is 55.0 Å². The third-order valence-electron chi connectivity index (χ3n) is 4.53. The minimum atomic E-state index is -0.263. The number of nitrogens with one attached hydrogen (secondary N) is 1. The first-order valence-electron chi connectivity index (χ1n) is 10.1. The molecule has 162 valence electrons. The number of nitrogens with zero attached hydrogens (tertiary/aromatic N) is 1. The lowest BCUT2D eigenvalue weighted by atomic mass is 10.2. The van der Waals surface area contributed by atoms with Crippen LogP contribution >= 0.6 is 0 Å². The molecule has 7 nitrogen and oxygen atoms in total. The number of anilines is 1. The molecule has 0 spiro atoms. The topological polar surface area (TPSA) is 81.0 Å². The summed E-state index contributed by atoms with van der Waals surface area (Å²) in [6.07, 6.45) is 2.33. The SMILES string of the molecule is COc1ccc(OCCCC(=O)N(CC(=O)Nc2ccccc2)Cc2ccco2)cc1. The van der Waals surface area contributed by atoms with Gasteiger partial charge in [0.05, 0.1) is 26.5 Å². The van der Waals surface area contributed by atoms with Crippen molar-refractivity contribution < 1.29 is 23.5 Å². The van der Waals surface area contributed by atoms with E-state index in [2.05, 4.69) is 5.32 Å². The standard InChI is InChI=1S/C24H26N2O5/c1-29-20-11-13-21(14-12-20)30-16-6-10-24(28)26(17-22-9-5-15-31-22)18-23(27)25-19-7-3-2-4-8-19/h2-5,7-9,11-15H,6,10,16-18H2,1H3,(H,25,27). The molecule has 31 heavy (non-hydrogen) atoms. The number of methoxy groups -OCH3 is 1. The molecule has 0 radical (unpaired) electrons. The van der Waals surface area contributed by atoms with Gasteiger partial charge in [-0.15, -0.1) is 0 Å². The highest BCUT2D eigenvalue weighted by molar-refractivity contribution is 5.94. The van der Waals surface area contributed by atoms with Crippen LogP contribution in [0, 0.1) is 0 Å². The van der Waals surface area contributed by atoms with Crippen LogP contribution in [-0.4, -0.2) is 37.0 Å². The predicted molar refractivity (Wildman–Crippen MR) is 117 cm³/mol. The van der Waals surface area contributed by atoms with E-state index < -0.39 is 0 Å². The molecule has 0 aliphatic heterocycles. The van der Waals surface area contributed by atoms with Crippen LogP contribution in [0.15, 0.2) is 77.4 Å². The van der Waals surface area contributed by atoms with Crippen LogP contribution in [0.5, 0.6) is 11.5 Å². The Labute approximate surface area is 181 Å². The molecule has 2 aromatic carbocycles. The summed E-state index contributed by atoms with van der Waals surface area (Å²) in [6.45, 7) is 0.560. The van der Waals surface area contributed by atoms with Crippen molar-refractivity contribution in [3.05, 3.63) is 78.8 Å². The zero-order chi connectivity index (χ0) is 21.9. The van der Waals surface area contributed by atoms with Crippen LogP contribution < -0.4 is 14.8 Å². The molecular weight excluding hydrogens is 396 g/mol. The van der Waals surface area contributed by atoms with Crippen LogP contribution in [0.25, 0.3) is 0 Å². The van der Waals surface area contributed by atoms with Gasteiger partial charge in [0.2, 0.25) is 11.8 Å². The highest BCUT2D eigenvalue weighted by atomic mass is 16.5. The maximum atomic E-state index is 12.8. The van der Waals surface area contributed by atoms with Gasteiger partial charge in [-0.2, -0.15) is 0 Å². The molecule has 0 bridgehead atoms. The number of rotatable bonds is 11. The lowest BCUT2D eigenvalue weighted by Gasteiger charge is -2.21. The highest BCUT2D eigenvalue weighted by Gasteiger charge is 2.18. The van der Waals surface area contributed by atoms with Crippen molar-refractivity contribution in [1.82, 2.24) is 4.90 Å². The first-order chi connectivity index (χ1) is 15.1. The molecular formula is C24H26N2O5. The molecule has 7 heteroatoms. The van der Waals surface area contributed by atoms with Gasteiger partial charge in [0, 0.05) is 12.1 Å². The summed E-state index contributed by atoms with van der Waals surface area (Å²) in [7, 11) is 1.61. The molecule has 2 amide bonds. The number of carbonyl (C=O) groups is 2. The largest absolute Gasteiger partial charge is 0.497 e. The Morgan fingerprint density at radius 3 is 2.39 bits per heavy atom. The molecule has 0 aliphatic carbocycles.